The van der Waals surface area contributed by atoms with Crippen LogP contribution in [0.3, 0.4) is 0 Å². The SMILES string of the molecule is CO[C@H]1O[C@H](CO)[C@H]2OC(=O)[C@@H](C)CC=CC[C@H](C)C(=O)O[C@@H]2[C@@H]1OC(=O)Nc1ccccc1. The number of aliphatic hydroxyl groups excluding tert-OH is 1. The van der Waals surface area contributed by atoms with Gasteiger partial charge in [-0.15, -0.1) is 0 Å². The summed E-state index contributed by atoms with van der Waals surface area (Å²) in [5.74, 6) is -2.12. The van der Waals surface area contributed by atoms with Crippen molar-refractivity contribution in [3.63, 3.8) is 0 Å². The van der Waals surface area contributed by atoms with E-state index >= 15 is 0 Å². The molecule has 1 fully saturated rings. The molecule has 2 aliphatic rings. The molecule has 3 rings (SSSR count). The molecule has 0 spiro atoms. The van der Waals surface area contributed by atoms with Crippen molar-refractivity contribution < 1.29 is 43.2 Å². The number of para-hydroxylation sites is 1. The first-order chi connectivity index (χ1) is 16.3. The highest BCUT2D eigenvalue weighted by molar-refractivity contribution is 5.84. The molecule has 0 aliphatic carbocycles. The minimum Gasteiger partial charge on any atom is -0.455 e. The molecule has 2 N–H and O–H groups in total. The Labute approximate surface area is 198 Å². The van der Waals surface area contributed by atoms with Crippen LogP contribution < -0.4 is 5.32 Å². The number of ether oxygens (including phenoxy) is 5. The van der Waals surface area contributed by atoms with Gasteiger partial charge in [-0.2, -0.15) is 0 Å². The summed E-state index contributed by atoms with van der Waals surface area (Å²) in [5.41, 5.74) is 0.485. The fraction of sp³-hybridized carbons (Fsp3) is 0.542. The Bertz CT molecular complexity index is 874. The predicted molar refractivity (Wildman–Crippen MR) is 120 cm³/mol. The number of allylic oxidation sites excluding steroid dienone is 2. The third kappa shape index (κ3) is 6.34. The van der Waals surface area contributed by atoms with Crippen LogP contribution in [0.15, 0.2) is 42.5 Å². The van der Waals surface area contributed by atoms with Gasteiger partial charge in [0.2, 0.25) is 0 Å². The number of benzene rings is 1. The number of fused-ring (bicyclic) bond motifs is 1. The maximum Gasteiger partial charge on any atom is 0.412 e. The highest BCUT2D eigenvalue weighted by atomic mass is 16.7. The normalized spacial score (nSPS) is 32.3. The summed E-state index contributed by atoms with van der Waals surface area (Å²) in [4.78, 5) is 38.2. The molecule has 34 heavy (non-hydrogen) atoms. The third-order valence-corrected chi connectivity index (χ3v) is 5.72. The number of carbonyl (C=O) groups is 3. The van der Waals surface area contributed by atoms with E-state index in [2.05, 4.69) is 5.32 Å². The monoisotopic (exact) mass is 477 g/mol. The Morgan fingerprint density at radius 1 is 1.03 bits per heavy atom. The van der Waals surface area contributed by atoms with Gasteiger partial charge in [-0.05, 0) is 25.0 Å². The van der Waals surface area contributed by atoms with Crippen LogP contribution in [0.5, 0.6) is 0 Å². The second kappa shape index (κ2) is 12.0. The molecule has 10 nitrogen and oxygen atoms in total. The van der Waals surface area contributed by atoms with Crippen molar-refractivity contribution in [2.24, 2.45) is 11.8 Å². The summed E-state index contributed by atoms with van der Waals surface area (Å²) < 4.78 is 28.0. The van der Waals surface area contributed by atoms with Crippen molar-refractivity contribution in [3.8, 4) is 0 Å². The number of methoxy groups -OCH3 is 1. The van der Waals surface area contributed by atoms with E-state index in [0.29, 0.717) is 18.5 Å². The van der Waals surface area contributed by atoms with Gasteiger partial charge < -0.3 is 28.8 Å². The Balaban J connectivity index is 1.92. The number of hydrogen-bond donors (Lipinski definition) is 2. The van der Waals surface area contributed by atoms with Gasteiger partial charge in [-0.1, -0.05) is 44.2 Å². The summed E-state index contributed by atoms with van der Waals surface area (Å²) in [6, 6.07) is 8.62. The first-order valence-electron chi connectivity index (χ1n) is 11.2. The summed E-state index contributed by atoms with van der Waals surface area (Å²) in [7, 11) is 1.32. The Kier molecular flexibility index (Phi) is 9.03. The molecule has 2 aliphatic heterocycles. The topological polar surface area (TPSA) is 130 Å². The molecule has 186 valence electrons. The largest absolute Gasteiger partial charge is 0.455 e. The second-order valence-corrected chi connectivity index (χ2v) is 8.37. The van der Waals surface area contributed by atoms with Gasteiger partial charge in [0.15, 0.2) is 24.6 Å². The summed E-state index contributed by atoms with van der Waals surface area (Å²) in [5, 5.41) is 12.5. The number of rotatable bonds is 4. The zero-order valence-electron chi connectivity index (χ0n) is 19.4. The van der Waals surface area contributed by atoms with Crippen LogP contribution in [-0.4, -0.2) is 67.6 Å². The number of esters is 2. The van der Waals surface area contributed by atoms with Gasteiger partial charge >= 0.3 is 18.0 Å². The lowest BCUT2D eigenvalue weighted by atomic mass is 9.97. The lowest BCUT2D eigenvalue weighted by Gasteiger charge is -2.44. The average molecular weight is 478 g/mol. The van der Waals surface area contributed by atoms with Gasteiger partial charge in [-0.3, -0.25) is 14.9 Å². The number of aliphatic hydroxyl groups is 1. The van der Waals surface area contributed by atoms with Crippen LogP contribution in [0, 0.1) is 11.8 Å². The van der Waals surface area contributed by atoms with Gasteiger partial charge in [0, 0.05) is 12.8 Å². The van der Waals surface area contributed by atoms with Crippen LogP contribution >= 0.6 is 0 Å². The molecule has 0 bridgehead atoms. The van der Waals surface area contributed by atoms with E-state index in [1.54, 1.807) is 44.2 Å². The van der Waals surface area contributed by atoms with Crippen molar-refractivity contribution in [1.29, 1.82) is 0 Å². The van der Waals surface area contributed by atoms with Crippen LogP contribution in [0.25, 0.3) is 0 Å². The lowest BCUT2D eigenvalue weighted by molar-refractivity contribution is -0.299. The molecule has 7 atom stereocenters. The van der Waals surface area contributed by atoms with Crippen molar-refractivity contribution >= 4 is 23.7 Å². The molecule has 2 heterocycles. The highest BCUT2D eigenvalue weighted by Crippen LogP contribution is 2.31. The Hall–Kier alpha value is -2.95. The van der Waals surface area contributed by atoms with Crippen LogP contribution in [-0.2, 0) is 33.3 Å². The van der Waals surface area contributed by atoms with E-state index in [9.17, 15) is 19.5 Å². The Morgan fingerprint density at radius 3 is 2.18 bits per heavy atom. The fourth-order valence-corrected chi connectivity index (χ4v) is 3.70. The summed E-state index contributed by atoms with van der Waals surface area (Å²) >= 11 is 0. The molecule has 0 radical (unpaired) electrons. The molecular weight excluding hydrogens is 446 g/mol. The summed E-state index contributed by atoms with van der Waals surface area (Å²) in [6.45, 7) is 2.87. The van der Waals surface area contributed by atoms with E-state index in [4.69, 9.17) is 23.7 Å². The minimum absolute atomic E-state index is 0.408. The number of nitrogens with one attached hydrogen (secondary N) is 1. The fourth-order valence-electron chi connectivity index (χ4n) is 3.70. The molecule has 1 aromatic carbocycles. The zero-order chi connectivity index (χ0) is 24.7. The molecule has 0 aromatic heterocycles. The first-order valence-corrected chi connectivity index (χ1v) is 11.2. The molecule has 0 saturated carbocycles. The van der Waals surface area contributed by atoms with Crippen LogP contribution in [0.2, 0.25) is 0 Å². The van der Waals surface area contributed by atoms with Crippen LogP contribution in [0.4, 0.5) is 10.5 Å². The standard InChI is InChI=1S/C24H31NO9/c1-14-9-7-8-10-15(2)22(28)33-19-18(32-21(14)27)17(13-26)31-23(30-3)20(19)34-24(29)25-16-11-5-4-6-12-16/h4-8,11-12,14-15,17-20,23,26H,9-10,13H2,1-3H3,(H,25,29)/t14-,15-,17+,18+,19-,20-,23-/m0/s1. The minimum atomic E-state index is -1.28. The molecule has 10 heteroatoms. The number of carbonyl (C=O) groups excluding carboxylic acids is 3. The Morgan fingerprint density at radius 2 is 1.62 bits per heavy atom. The van der Waals surface area contributed by atoms with E-state index in [-0.39, 0.29) is 0 Å². The molecular formula is C24H31NO9. The molecule has 1 amide bonds. The first kappa shape index (κ1) is 25.7. The van der Waals surface area contributed by atoms with Crippen molar-refractivity contribution in [2.45, 2.75) is 57.4 Å². The zero-order valence-corrected chi connectivity index (χ0v) is 19.4. The van der Waals surface area contributed by atoms with Crippen molar-refractivity contribution in [2.75, 3.05) is 19.0 Å². The van der Waals surface area contributed by atoms with Gasteiger partial charge in [-0.25, -0.2) is 4.79 Å². The van der Waals surface area contributed by atoms with Gasteiger partial charge in [0.25, 0.3) is 0 Å². The lowest BCUT2D eigenvalue weighted by Crippen LogP contribution is -2.63. The summed E-state index contributed by atoms with van der Waals surface area (Å²) in [6.07, 6.45) is -2.41. The second-order valence-electron chi connectivity index (χ2n) is 8.37. The predicted octanol–water partition coefficient (Wildman–Crippen LogP) is 2.41. The molecule has 1 saturated heterocycles. The quantitative estimate of drug-likeness (QED) is 0.381. The number of hydrogen-bond acceptors (Lipinski definition) is 9. The maximum absolute atomic E-state index is 12.8. The van der Waals surface area contributed by atoms with Gasteiger partial charge in [0.05, 0.1) is 18.4 Å². The molecule has 1 aromatic rings. The highest BCUT2D eigenvalue weighted by Gasteiger charge is 2.53. The van der Waals surface area contributed by atoms with Crippen molar-refractivity contribution in [1.82, 2.24) is 0 Å². The van der Waals surface area contributed by atoms with Gasteiger partial charge in [0.1, 0.15) is 6.10 Å². The van der Waals surface area contributed by atoms with Crippen LogP contribution in [0.1, 0.15) is 26.7 Å². The van der Waals surface area contributed by atoms with Crippen molar-refractivity contribution in [3.05, 3.63) is 42.5 Å². The number of amides is 1. The van der Waals surface area contributed by atoms with E-state index in [1.807, 2.05) is 12.2 Å². The maximum atomic E-state index is 12.8. The van der Waals surface area contributed by atoms with E-state index in [0.717, 1.165) is 0 Å². The van der Waals surface area contributed by atoms with E-state index < -0.39 is 67.2 Å². The average Bonchev–Trinajstić information content (AvgIpc) is 2.83. The van der Waals surface area contributed by atoms with E-state index in [1.165, 1.54) is 7.11 Å². The third-order valence-electron chi connectivity index (χ3n) is 5.72. The molecule has 0 unspecified atom stereocenters. The smallest absolute Gasteiger partial charge is 0.412 e. The number of anilines is 1.